The summed E-state index contributed by atoms with van der Waals surface area (Å²) in [7, 11) is 3.24. The van der Waals surface area contributed by atoms with Crippen molar-refractivity contribution in [3.05, 3.63) is 95.1 Å². The third-order valence-corrected chi connectivity index (χ3v) is 7.01. The van der Waals surface area contributed by atoms with Crippen LogP contribution in [0.25, 0.3) is 0 Å². The molecule has 3 aromatic carbocycles. The Morgan fingerprint density at radius 1 is 0.700 bits per heavy atom. The van der Waals surface area contributed by atoms with E-state index in [1.165, 1.54) is 0 Å². The van der Waals surface area contributed by atoms with E-state index in [-0.39, 0.29) is 11.6 Å². The van der Waals surface area contributed by atoms with E-state index in [9.17, 15) is 9.59 Å². The van der Waals surface area contributed by atoms with Crippen molar-refractivity contribution in [3.8, 4) is 11.5 Å². The number of benzene rings is 3. The molecule has 30 heavy (non-hydrogen) atoms. The van der Waals surface area contributed by atoms with Crippen LogP contribution < -0.4 is 9.47 Å². The van der Waals surface area contributed by atoms with Crippen LogP contribution in [-0.4, -0.2) is 25.8 Å². The summed E-state index contributed by atoms with van der Waals surface area (Å²) in [5.41, 5.74) is 1.34. The quantitative estimate of drug-likeness (QED) is 0.639. The van der Waals surface area contributed by atoms with Gasteiger partial charge in [-0.25, -0.2) is 0 Å². The van der Waals surface area contributed by atoms with Gasteiger partial charge in [0.05, 0.1) is 25.6 Å². The third-order valence-electron chi connectivity index (χ3n) is 7.01. The lowest BCUT2D eigenvalue weighted by Gasteiger charge is -2.24. The fourth-order valence-corrected chi connectivity index (χ4v) is 5.53. The fraction of sp³-hybridized carbons (Fsp3) is 0.231. The Balaban J connectivity index is 1.76. The molecule has 0 spiro atoms. The summed E-state index contributed by atoms with van der Waals surface area (Å²) >= 11 is 0. The molecule has 0 saturated heterocycles. The molecule has 0 N–H and O–H groups in total. The van der Waals surface area contributed by atoms with Crippen LogP contribution in [0.5, 0.6) is 11.5 Å². The van der Waals surface area contributed by atoms with E-state index in [0.29, 0.717) is 11.1 Å². The Labute approximate surface area is 175 Å². The van der Waals surface area contributed by atoms with Crippen molar-refractivity contribution in [1.29, 1.82) is 0 Å². The van der Waals surface area contributed by atoms with Crippen LogP contribution >= 0.6 is 0 Å². The number of hydrogen-bond donors (Lipinski definition) is 0. The van der Waals surface area contributed by atoms with Gasteiger partial charge in [0.25, 0.3) is 0 Å². The second-order valence-electron chi connectivity index (χ2n) is 8.14. The number of carbonyl (C=O) groups excluding carboxylic acids is 2. The van der Waals surface area contributed by atoms with Crippen LogP contribution in [0, 0.1) is 11.3 Å². The van der Waals surface area contributed by atoms with Gasteiger partial charge in [0.15, 0.2) is 11.6 Å². The maximum atomic E-state index is 13.7. The standard InChI is InChI=1S/C26H22O4/c1-25-23(22(27)20-6-4-5-7-21(20)24(25)28)26(25,16-8-12-18(29-2)13-9-16)17-10-14-19(30-3)15-11-17/h4-15,23H,1-3H3/t23-,25-/m1/s1. The summed E-state index contributed by atoms with van der Waals surface area (Å²) in [6.07, 6.45) is 0. The maximum Gasteiger partial charge on any atom is 0.171 e. The van der Waals surface area contributed by atoms with Crippen LogP contribution in [0.4, 0.5) is 0 Å². The number of ketones is 2. The number of carbonyl (C=O) groups is 2. The van der Waals surface area contributed by atoms with Crippen molar-refractivity contribution < 1.29 is 19.1 Å². The molecule has 3 aromatic rings. The molecular formula is C26H22O4. The highest BCUT2D eigenvalue weighted by molar-refractivity contribution is 6.23. The highest BCUT2D eigenvalue weighted by Crippen LogP contribution is 2.76. The normalized spacial score (nSPS) is 23.4. The van der Waals surface area contributed by atoms with Crippen molar-refractivity contribution >= 4 is 11.6 Å². The molecule has 0 aromatic heterocycles. The van der Waals surface area contributed by atoms with E-state index in [1.54, 1.807) is 26.4 Å². The smallest absolute Gasteiger partial charge is 0.171 e. The van der Waals surface area contributed by atoms with Gasteiger partial charge in [-0.1, -0.05) is 55.5 Å². The molecule has 1 saturated carbocycles. The molecular weight excluding hydrogens is 376 g/mol. The van der Waals surface area contributed by atoms with Crippen LogP contribution in [0.3, 0.4) is 0 Å². The lowest BCUT2D eigenvalue weighted by molar-refractivity contribution is 0.0822. The molecule has 0 aliphatic heterocycles. The zero-order valence-electron chi connectivity index (χ0n) is 17.1. The molecule has 5 rings (SSSR count). The van der Waals surface area contributed by atoms with Crippen molar-refractivity contribution in [2.45, 2.75) is 12.3 Å². The highest BCUT2D eigenvalue weighted by atomic mass is 16.5. The maximum absolute atomic E-state index is 13.7. The van der Waals surface area contributed by atoms with Crippen molar-refractivity contribution in [2.75, 3.05) is 14.2 Å². The Hall–Kier alpha value is -3.40. The van der Waals surface area contributed by atoms with Gasteiger partial charge in [0.1, 0.15) is 11.5 Å². The first-order chi connectivity index (χ1) is 14.5. The monoisotopic (exact) mass is 398 g/mol. The highest BCUT2D eigenvalue weighted by Gasteiger charge is 2.82. The van der Waals surface area contributed by atoms with Crippen molar-refractivity contribution in [3.63, 3.8) is 0 Å². The average molecular weight is 398 g/mol. The SMILES string of the molecule is COc1ccc(C2(c3ccc(OC)cc3)[C@@H]3C(=O)c4ccccc4C(=O)[C@@]32C)cc1. The summed E-state index contributed by atoms with van der Waals surface area (Å²) in [6, 6.07) is 22.6. The molecule has 150 valence electrons. The van der Waals surface area contributed by atoms with Crippen LogP contribution in [0.1, 0.15) is 38.8 Å². The lowest BCUT2D eigenvalue weighted by atomic mass is 9.77. The summed E-state index contributed by atoms with van der Waals surface area (Å²) in [5.74, 6) is 1.07. The zero-order valence-corrected chi connectivity index (χ0v) is 17.1. The number of Topliss-reactive ketones (excluding diaryl/α,β-unsaturated/α-hetero) is 2. The van der Waals surface area contributed by atoms with Gasteiger partial charge >= 0.3 is 0 Å². The van der Waals surface area contributed by atoms with E-state index in [0.717, 1.165) is 22.6 Å². The van der Waals surface area contributed by atoms with E-state index >= 15 is 0 Å². The van der Waals surface area contributed by atoms with E-state index in [1.807, 2.05) is 67.6 Å². The molecule has 4 heteroatoms. The topological polar surface area (TPSA) is 52.6 Å². The Morgan fingerprint density at radius 2 is 1.17 bits per heavy atom. The number of hydrogen-bond acceptors (Lipinski definition) is 4. The number of rotatable bonds is 4. The zero-order chi connectivity index (χ0) is 21.1. The van der Waals surface area contributed by atoms with Crippen molar-refractivity contribution in [1.82, 2.24) is 0 Å². The summed E-state index contributed by atoms with van der Waals surface area (Å²) in [5, 5.41) is 0. The largest absolute Gasteiger partial charge is 0.497 e. The van der Waals surface area contributed by atoms with Gasteiger partial charge < -0.3 is 9.47 Å². The molecule has 0 bridgehead atoms. The van der Waals surface area contributed by atoms with Gasteiger partial charge in [-0.05, 0) is 35.4 Å². The van der Waals surface area contributed by atoms with Crippen LogP contribution in [0.15, 0.2) is 72.8 Å². The number of methoxy groups -OCH3 is 2. The van der Waals surface area contributed by atoms with E-state index < -0.39 is 16.7 Å². The van der Waals surface area contributed by atoms with Crippen LogP contribution in [0.2, 0.25) is 0 Å². The predicted molar refractivity (Wildman–Crippen MR) is 113 cm³/mol. The minimum Gasteiger partial charge on any atom is -0.497 e. The van der Waals surface area contributed by atoms with Gasteiger partial charge in [0.2, 0.25) is 0 Å². The predicted octanol–water partition coefficient (Wildman–Crippen LogP) is 4.71. The summed E-state index contributed by atoms with van der Waals surface area (Å²) in [4.78, 5) is 27.3. The van der Waals surface area contributed by atoms with Gasteiger partial charge in [-0.2, -0.15) is 0 Å². The summed E-state index contributed by atoms with van der Waals surface area (Å²) in [6.45, 7) is 1.93. The molecule has 2 aliphatic rings. The molecule has 0 radical (unpaired) electrons. The van der Waals surface area contributed by atoms with Gasteiger partial charge in [-0.3, -0.25) is 9.59 Å². The first kappa shape index (κ1) is 18.6. The summed E-state index contributed by atoms with van der Waals surface area (Å²) < 4.78 is 10.6. The fourth-order valence-electron chi connectivity index (χ4n) is 5.53. The van der Waals surface area contributed by atoms with Gasteiger partial charge in [-0.15, -0.1) is 0 Å². The number of fused-ring (bicyclic) bond motifs is 2. The first-order valence-corrected chi connectivity index (χ1v) is 9.97. The molecule has 1 fully saturated rings. The lowest BCUT2D eigenvalue weighted by Crippen LogP contribution is -2.28. The molecule has 0 unspecified atom stereocenters. The Kier molecular flexibility index (Phi) is 3.91. The Morgan fingerprint density at radius 3 is 1.63 bits per heavy atom. The second-order valence-corrected chi connectivity index (χ2v) is 8.14. The van der Waals surface area contributed by atoms with Gasteiger partial charge in [0, 0.05) is 16.5 Å². The van der Waals surface area contributed by atoms with E-state index in [2.05, 4.69) is 0 Å². The first-order valence-electron chi connectivity index (χ1n) is 9.97. The molecule has 4 nitrogen and oxygen atoms in total. The van der Waals surface area contributed by atoms with Crippen LogP contribution in [-0.2, 0) is 5.41 Å². The Bertz CT molecular complexity index is 1110. The second kappa shape index (κ2) is 6.30. The minimum atomic E-state index is -0.846. The van der Waals surface area contributed by atoms with E-state index in [4.69, 9.17) is 9.47 Å². The average Bonchev–Trinajstić information content (AvgIpc) is 3.40. The number of ether oxygens (including phenoxy) is 2. The van der Waals surface area contributed by atoms with Crippen molar-refractivity contribution in [2.24, 2.45) is 11.3 Å². The molecule has 2 atom stereocenters. The minimum absolute atomic E-state index is 0.0225. The molecule has 0 heterocycles. The molecule has 0 amide bonds. The molecule has 2 aliphatic carbocycles. The third kappa shape index (κ3) is 2.11.